The predicted octanol–water partition coefficient (Wildman–Crippen LogP) is 2.39. The van der Waals surface area contributed by atoms with Gasteiger partial charge in [-0.3, -0.25) is 9.69 Å². The molecular formula is C20H29N3O. The molecule has 2 fully saturated rings. The second-order valence-corrected chi connectivity index (χ2v) is 7.91. The van der Waals surface area contributed by atoms with E-state index in [1.807, 2.05) is 6.07 Å². The van der Waals surface area contributed by atoms with Gasteiger partial charge in [-0.2, -0.15) is 0 Å². The topological polar surface area (TPSA) is 28.5 Å². The minimum absolute atomic E-state index is 0.181. The highest BCUT2D eigenvalue weighted by Gasteiger charge is 2.38. The number of nitrogens with zero attached hydrogens (tertiary/aromatic N) is 3. The van der Waals surface area contributed by atoms with Crippen molar-refractivity contribution in [2.75, 3.05) is 33.2 Å². The molecule has 4 heteroatoms. The van der Waals surface area contributed by atoms with Crippen LogP contribution in [0, 0.1) is 5.92 Å². The van der Waals surface area contributed by atoms with Crippen molar-refractivity contribution in [3.63, 3.8) is 0 Å². The van der Waals surface area contributed by atoms with Gasteiger partial charge in [0.25, 0.3) is 5.56 Å². The van der Waals surface area contributed by atoms with Crippen LogP contribution in [-0.2, 0) is 6.54 Å². The first-order valence-corrected chi connectivity index (χ1v) is 9.44. The summed E-state index contributed by atoms with van der Waals surface area (Å²) in [5.74, 6) is 1.15. The van der Waals surface area contributed by atoms with Crippen LogP contribution in [0.2, 0.25) is 0 Å². The van der Waals surface area contributed by atoms with Gasteiger partial charge in [-0.15, -0.1) is 0 Å². The molecule has 0 amide bonds. The van der Waals surface area contributed by atoms with Gasteiger partial charge in [-0.05, 0) is 63.9 Å². The fourth-order valence-electron chi connectivity index (χ4n) is 5.06. The lowest BCUT2D eigenvalue weighted by Crippen LogP contribution is -2.53. The molecule has 1 aromatic heterocycles. The Morgan fingerprint density at radius 3 is 2.67 bits per heavy atom. The Morgan fingerprint density at radius 1 is 1.12 bits per heavy atom. The maximum absolute atomic E-state index is 12.4. The molecule has 0 saturated carbocycles. The molecule has 0 spiro atoms. The fourth-order valence-corrected chi connectivity index (χ4v) is 5.06. The average Bonchev–Trinajstić information content (AvgIpc) is 2.58. The van der Waals surface area contributed by atoms with Crippen molar-refractivity contribution in [3.8, 4) is 0 Å². The first-order valence-electron chi connectivity index (χ1n) is 9.44. The van der Waals surface area contributed by atoms with Crippen molar-refractivity contribution in [2.45, 2.75) is 44.7 Å². The molecule has 1 aromatic rings. The smallest absolute Gasteiger partial charge is 0.250 e. The van der Waals surface area contributed by atoms with E-state index in [0.717, 1.165) is 19.1 Å². The Morgan fingerprint density at radius 2 is 1.92 bits per heavy atom. The number of hydrogen-bond acceptors (Lipinski definition) is 3. The fraction of sp³-hybridized carbons (Fsp3) is 0.650. The van der Waals surface area contributed by atoms with Gasteiger partial charge in [0.1, 0.15) is 0 Å². The normalized spacial score (nSPS) is 29.1. The molecular weight excluding hydrogens is 298 g/mol. The van der Waals surface area contributed by atoms with Crippen LogP contribution < -0.4 is 5.56 Å². The van der Waals surface area contributed by atoms with Gasteiger partial charge in [0, 0.05) is 43.4 Å². The average molecular weight is 327 g/mol. The van der Waals surface area contributed by atoms with E-state index in [2.05, 4.69) is 40.5 Å². The standard InChI is InChI=1S/C20H29N3O/c1-3-4-16-5-6-19(24)23-13-15-11-17(20(16)23)14-22(12-15)18-7-9-21(2)10-8-18/h3-6,15,17-18H,7-14H2,1-2H3. The van der Waals surface area contributed by atoms with E-state index in [1.165, 1.54) is 50.2 Å². The molecule has 2 bridgehead atoms. The molecule has 2 saturated heterocycles. The van der Waals surface area contributed by atoms with E-state index >= 15 is 0 Å². The van der Waals surface area contributed by atoms with Gasteiger partial charge in [0.2, 0.25) is 0 Å². The minimum atomic E-state index is 0.181. The summed E-state index contributed by atoms with van der Waals surface area (Å²) in [6.45, 7) is 7.69. The van der Waals surface area contributed by atoms with Crippen molar-refractivity contribution >= 4 is 6.08 Å². The Labute approximate surface area is 144 Å². The Balaban J connectivity index is 1.63. The van der Waals surface area contributed by atoms with Crippen LogP contribution in [-0.4, -0.2) is 53.6 Å². The van der Waals surface area contributed by atoms with Crippen LogP contribution in [0.15, 0.2) is 23.0 Å². The number of piperidine rings is 2. The highest BCUT2D eigenvalue weighted by atomic mass is 16.1. The summed E-state index contributed by atoms with van der Waals surface area (Å²) in [5, 5.41) is 0. The largest absolute Gasteiger partial charge is 0.311 e. The van der Waals surface area contributed by atoms with Crippen molar-refractivity contribution in [2.24, 2.45) is 5.92 Å². The van der Waals surface area contributed by atoms with Crippen LogP contribution in [0.4, 0.5) is 0 Å². The zero-order valence-corrected chi connectivity index (χ0v) is 14.9. The zero-order valence-electron chi connectivity index (χ0n) is 14.9. The van der Waals surface area contributed by atoms with Gasteiger partial charge >= 0.3 is 0 Å². The van der Waals surface area contributed by atoms with Crippen LogP contribution >= 0.6 is 0 Å². The molecule has 0 aliphatic carbocycles. The second-order valence-electron chi connectivity index (χ2n) is 7.91. The molecule has 0 N–H and O–H groups in total. The molecule has 2 unspecified atom stereocenters. The van der Waals surface area contributed by atoms with E-state index in [1.54, 1.807) is 6.07 Å². The molecule has 24 heavy (non-hydrogen) atoms. The highest BCUT2D eigenvalue weighted by molar-refractivity contribution is 5.53. The van der Waals surface area contributed by atoms with Crippen molar-refractivity contribution in [3.05, 3.63) is 39.8 Å². The molecule has 0 radical (unpaired) electrons. The number of likely N-dealkylation sites (tertiary alicyclic amines) is 2. The maximum Gasteiger partial charge on any atom is 0.250 e. The summed E-state index contributed by atoms with van der Waals surface area (Å²) in [4.78, 5) is 17.6. The number of pyridine rings is 1. The molecule has 2 atom stereocenters. The highest BCUT2D eigenvalue weighted by Crippen LogP contribution is 2.38. The van der Waals surface area contributed by atoms with E-state index in [4.69, 9.17) is 0 Å². The SMILES string of the molecule is CC=Cc1ccc(=O)n2c1C1CC(CN(C3CCN(C)CC3)C1)C2. The molecule has 4 rings (SSSR count). The van der Waals surface area contributed by atoms with E-state index in [-0.39, 0.29) is 5.56 Å². The number of aromatic nitrogens is 1. The molecule has 3 aliphatic heterocycles. The van der Waals surface area contributed by atoms with Crippen LogP contribution in [0.25, 0.3) is 6.08 Å². The molecule has 3 aliphatic rings. The Hall–Kier alpha value is -1.39. The van der Waals surface area contributed by atoms with Crippen molar-refractivity contribution in [1.29, 1.82) is 0 Å². The molecule has 4 heterocycles. The van der Waals surface area contributed by atoms with Gasteiger partial charge in [0.05, 0.1) is 0 Å². The first kappa shape index (κ1) is 16.1. The van der Waals surface area contributed by atoms with E-state index in [9.17, 15) is 4.79 Å². The van der Waals surface area contributed by atoms with Crippen molar-refractivity contribution in [1.82, 2.24) is 14.4 Å². The number of allylic oxidation sites excluding steroid dienone is 1. The predicted molar refractivity (Wildman–Crippen MR) is 98.4 cm³/mol. The Bertz CT molecular complexity index is 685. The summed E-state index contributed by atoms with van der Waals surface area (Å²) in [7, 11) is 2.23. The summed E-state index contributed by atoms with van der Waals surface area (Å²) < 4.78 is 2.07. The second kappa shape index (κ2) is 6.49. The summed E-state index contributed by atoms with van der Waals surface area (Å²) >= 11 is 0. The Kier molecular flexibility index (Phi) is 4.35. The third-order valence-electron chi connectivity index (χ3n) is 6.20. The first-order chi connectivity index (χ1) is 11.7. The van der Waals surface area contributed by atoms with Crippen LogP contribution in [0.3, 0.4) is 0 Å². The number of rotatable bonds is 2. The lowest BCUT2D eigenvalue weighted by atomic mass is 9.80. The quantitative estimate of drug-likeness (QED) is 0.835. The van der Waals surface area contributed by atoms with Crippen molar-refractivity contribution < 1.29 is 0 Å². The number of fused-ring (bicyclic) bond motifs is 4. The molecule has 130 valence electrons. The summed E-state index contributed by atoms with van der Waals surface area (Å²) in [6, 6.07) is 4.50. The van der Waals surface area contributed by atoms with Crippen LogP contribution in [0.1, 0.15) is 43.4 Å². The monoisotopic (exact) mass is 327 g/mol. The van der Waals surface area contributed by atoms with E-state index in [0.29, 0.717) is 11.8 Å². The molecule has 0 aromatic carbocycles. The lowest BCUT2D eigenvalue weighted by Gasteiger charge is -2.47. The van der Waals surface area contributed by atoms with Gasteiger partial charge in [-0.1, -0.05) is 12.2 Å². The van der Waals surface area contributed by atoms with Gasteiger partial charge in [-0.25, -0.2) is 0 Å². The summed E-state index contributed by atoms with van der Waals surface area (Å²) in [5.41, 5.74) is 2.71. The van der Waals surface area contributed by atoms with E-state index < -0.39 is 0 Å². The minimum Gasteiger partial charge on any atom is -0.311 e. The van der Waals surface area contributed by atoms with Gasteiger partial charge < -0.3 is 9.47 Å². The third kappa shape index (κ3) is 2.86. The van der Waals surface area contributed by atoms with Gasteiger partial charge in [0.15, 0.2) is 0 Å². The molecule has 4 nitrogen and oxygen atoms in total. The zero-order chi connectivity index (χ0) is 16.7. The maximum atomic E-state index is 12.4. The number of hydrogen-bond donors (Lipinski definition) is 0. The summed E-state index contributed by atoms with van der Waals surface area (Å²) in [6.07, 6.45) is 8.08. The lowest BCUT2D eigenvalue weighted by molar-refractivity contribution is 0.0516. The third-order valence-corrected chi connectivity index (χ3v) is 6.20. The van der Waals surface area contributed by atoms with Crippen LogP contribution in [0.5, 0.6) is 0 Å².